The van der Waals surface area contributed by atoms with Gasteiger partial charge in [-0.05, 0) is 35.9 Å². The third-order valence-corrected chi connectivity index (χ3v) is 6.81. The van der Waals surface area contributed by atoms with Crippen molar-refractivity contribution in [1.82, 2.24) is 9.71 Å². The molecule has 2 N–H and O–H groups in total. The molecule has 0 aliphatic rings. The van der Waals surface area contributed by atoms with Crippen LogP contribution in [0.4, 0.5) is 4.39 Å². The van der Waals surface area contributed by atoms with Gasteiger partial charge in [-0.3, -0.25) is 0 Å². The number of para-hydroxylation sites is 2. The first-order valence-electron chi connectivity index (χ1n) is 9.96. The lowest BCUT2D eigenvalue weighted by Crippen LogP contribution is -2.29. The van der Waals surface area contributed by atoms with Gasteiger partial charge in [0.05, 0.1) is 19.1 Å². The first-order chi connectivity index (χ1) is 15.4. The normalized spacial score (nSPS) is 12.6. The highest BCUT2D eigenvalue weighted by molar-refractivity contribution is 7.89. The van der Waals surface area contributed by atoms with Crippen LogP contribution in [0.1, 0.15) is 17.0 Å². The number of ether oxygens (including phenoxy) is 2. The van der Waals surface area contributed by atoms with Gasteiger partial charge >= 0.3 is 0 Å². The summed E-state index contributed by atoms with van der Waals surface area (Å²) in [6.07, 6.45) is 1.87. The van der Waals surface area contributed by atoms with Gasteiger partial charge in [0.1, 0.15) is 5.82 Å². The molecule has 166 valence electrons. The van der Waals surface area contributed by atoms with Crippen LogP contribution in [0.2, 0.25) is 0 Å². The Hall–Kier alpha value is -3.36. The van der Waals surface area contributed by atoms with Crippen LogP contribution in [-0.2, 0) is 10.0 Å². The number of benzene rings is 3. The Bertz CT molecular complexity index is 1350. The van der Waals surface area contributed by atoms with Crippen LogP contribution in [0, 0.1) is 5.82 Å². The molecule has 1 aromatic heterocycles. The third kappa shape index (κ3) is 4.19. The molecule has 3 aromatic carbocycles. The number of H-pyrrole nitrogens is 1. The van der Waals surface area contributed by atoms with E-state index in [4.69, 9.17) is 9.47 Å². The summed E-state index contributed by atoms with van der Waals surface area (Å²) in [6, 6.07) is 18.2. The summed E-state index contributed by atoms with van der Waals surface area (Å²) in [5.41, 5.74) is 2.59. The van der Waals surface area contributed by atoms with E-state index in [1.54, 1.807) is 20.3 Å². The number of hydrogen-bond donors (Lipinski definition) is 2. The lowest BCUT2D eigenvalue weighted by atomic mass is 9.90. The van der Waals surface area contributed by atoms with Gasteiger partial charge in [-0.1, -0.05) is 36.4 Å². The summed E-state index contributed by atoms with van der Waals surface area (Å²) in [4.78, 5) is 3.11. The SMILES string of the molecule is COc1cccc(C(CNS(=O)(=O)c2cccc(F)c2)c2c[nH]c3ccccc23)c1OC. The summed E-state index contributed by atoms with van der Waals surface area (Å²) >= 11 is 0. The van der Waals surface area contributed by atoms with E-state index in [2.05, 4.69) is 9.71 Å². The van der Waals surface area contributed by atoms with E-state index >= 15 is 0 Å². The Morgan fingerprint density at radius 3 is 2.50 bits per heavy atom. The van der Waals surface area contributed by atoms with Crippen LogP contribution in [0.5, 0.6) is 11.5 Å². The Labute approximate surface area is 186 Å². The minimum atomic E-state index is -3.94. The summed E-state index contributed by atoms with van der Waals surface area (Å²) in [7, 11) is -0.841. The highest BCUT2D eigenvalue weighted by atomic mass is 32.2. The molecular formula is C24H23FN2O4S. The van der Waals surface area contributed by atoms with E-state index in [1.807, 2.05) is 42.6 Å². The summed E-state index contributed by atoms with van der Waals surface area (Å²) in [5.74, 6) is 0.0492. The average molecular weight is 455 g/mol. The van der Waals surface area contributed by atoms with E-state index in [9.17, 15) is 12.8 Å². The second kappa shape index (κ2) is 9.02. The van der Waals surface area contributed by atoms with Gasteiger partial charge in [0.2, 0.25) is 10.0 Å². The molecule has 0 radical (unpaired) electrons. The van der Waals surface area contributed by atoms with E-state index in [0.29, 0.717) is 11.5 Å². The highest BCUT2D eigenvalue weighted by Crippen LogP contribution is 2.40. The number of rotatable bonds is 8. The molecule has 0 saturated carbocycles. The first kappa shape index (κ1) is 21.9. The molecule has 0 aliphatic heterocycles. The fourth-order valence-electron chi connectivity index (χ4n) is 3.87. The zero-order chi connectivity index (χ0) is 22.7. The maximum atomic E-state index is 13.6. The summed E-state index contributed by atoms with van der Waals surface area (Å²) in [6.45, 7) is 0.0320. The van der Waals surface area contributed by atoms with Crippen molar-refractivity contribution in [3.63, 3.8) is 0 Å². The zero-order valence-electron chi connectivity index (χ0n) is 17.6. The second-order valence-electron chi connectivity index (χ2n) is 7.23. The molecule has 1 heterocycles. The van der Waals surface area contributed by atoms with Crippen molar-refractivity contribution in [2.24, 2.45) is 0 Å². The second-order valence-corrected chi connectivity index (χ2v) is 9.00. The summed E-state index contributed by atoms with van der Waals surface area (Å²) < 4.78 is 53.1. The number of fused-ring (bicyclic) bond motifs is 1. The monoisotopic (exact) mass is 454 g/mol. The number of methoxy groups -OCH3 is 2. The molecule has 0 bridgehead atoms. The van der Waals surface area contributed by atoms with Crippen LogP contribution in [-0.4, -0.2) is 34.2 Å². The largest absolute Gasteiger partial charge is 0.493 e. The average Bonchev–Trinajstić information content (AvgIpc) is 3.23. The lowest BCUT2D eigenvalue weighted by molar-refractivity contribution is 0.350. The van der Waals surface area contributed by atoms with Gasteiger partial charge in [-0.25, -0.2) is 17.5 Å². The van der Waals surface area contributed by atoms with E-state index in [-0.39, 0.29) is 11.4 Å². The Morgan fingerprint density at radius 1 is 0.969 bits per heavy atom. The van der Waals surface area contributed by atoms with Gasteiger partial charge in [-0.15, -0.1) is 0 Å². The molecule has 1 unspecified atom stereocenters. The smallest absolute Gasteiger partial charge is 0.240 e. The van der Waals surface area contributed by atoms with Crippen molar-refractivity contribution in [2.75, 3.05) is 20.8 Å². The van der Waals surface area contributed by atoms with Crippen molar-refractivity contribution in [2.45, 2.75) is 10.8 Å². The van der Waals surface area contributed by atoms with Crippen LogP contribution >= 0.6 is 0 Å². The van der Waals surface area contributed by atoms with Gasteiger partial charge in [0.15, 0.2) is 11.5 Å². The Morgan fingerprint density at radius 2 is 1.75 bits per heavy atom. The molecule has 0 amide bonds. The van der Waals surface area contributed by atoms with Crippen molar-refractivity contribution in [3.05, 3.63) is 89.9 Å². The molecule has 0 saturated heterocycles. The van der Waals surface area contributed by atoms with Crippen LogP contribution in [0.15, 0.2) is 77.8 Å². The topological polar surface area (TPSA) is 80.4 Å². The predicted molar refractivity (Wildman–Crippen MR) is 121 cm³/mol. The summed E-state index contributed by atoms with van der Waals surface area (Å²) in [5, 5.41) is 0.965. The molecule has 4 rings (SSSR count). The number of nitrogens with one attached hydrogen (secondary N) is 2. The number of halogens is 1. The first-order valence-corrected chi connectivity index (χ1v) is 11.4. The van der Waals surface area contributed by atoms with Gasteiger partial charge in [0, 0.05) is 35.1 Å². The Balaban J connectivity index is 1.79. The predicted octanol–water partition coefficient (Wildman–Crippen LogP) is 4.43. The maximum absolute atomic E-state index is 13.6. The van der Waals surface area contributed by atoms with E-state index < -0.39 is 21.8 Å². The molecule has 32 heavy (non-hydrogen) atoms. The molecular weight excluding hydrogens is 431 g/mol. The number of hydrogen-bond acceptors (Lipinski definition) is 4. The molecule has 6 nitrogen and oxygen atoms in total. The lowest BCUT2D eigenvalue weighted by Gasteiger charge is -2.22. The number of aromatic nitrogens is 1. The minimum Gasteiger partial charge on any atom is -0.493 e. The fraction of sp³-hybridized carbons (Fsp3) is 0.167. The van der Waals surface area contributed by atoms with E-state index in [1.165, 1.54) is 18.2 Å². The number of aromatic amines is 1. The molecule has 0 aliphatic carbocycles. The Kier molecular flexibility index (Phi) is 6.16. The quantitative estimate of drug-likeness (QED) is 0.413. The fourth-order valence-corrected chi connectivity index (χ4v) is 4.94. The van der Waals surface area contributed by atoms with Crippen LogP contribution < -0.4 is 14.2 Å². The van der Waals surface area contributed by atoms with Gasteiger partial charge < -0.3 is 14.5 Å². The van der Waals surface area contributed by atoms with Crippen molar-refractivity contribution >= 4 is 20.9 Å². The van der Waals surface area contributed by atoms with E-state index in [0.717, 1.165) is 28.1 Å². The van der Waals surface area contributed by atoms with Crippen molar-refractivity contribution in [3.8, 4) is 11.5 Å². The molecule has 8 heteroatoms. The van der Waals surface area contributed by atoms with Crippen molar-refractivity contribution < 1.29 is 22.3 Å². The maximum Gasteiger partial charge on any atom is 0.240 e. The van der Waals surface area contributed by atoms with Gasteiger partial charge in [0.25, 0.3) is 0 Å². The van der Waals surface area contributed by atoms with Crippen LogP contribution in [0.25, 0.3) is 10.9 Å². The molecule has 1 atom stereocenters. The van der Waals surface area contributed by atoms with Gasteiger partial charge in [-0.2, -0.15) is 0 Å². The van der Waals surface area contributed by atoms with Crippen molar-refractivity contribution in [1.29, 1.82) is 0 Å². The zero-order valence-corrected chi connectivity index (χ0v) is 18.4. The molecule has 4 aromatic rings. The third-order valence-electron chi connectivity index (χ3n) is 5.39. The molecule has 0 fully saturated rings. The molecule has 0 spiro atoms. The number of sulfonamides is 1. The van der Waals surface area contributed by atoms with Crippen LogP contribution in [0.3, 0.4) is 0 Å². The standard InChI is InChI=1S/C24H23FN2O4S/c1-30-23-12-6-10-19(24(23)31-2)21(20-14-26-22-11-4-3-9-18(20)22)15-27-32(28,29)17-8-5-7-16(25)13-17/h3-14,21,26-27H,15H2,1-2H3. The highest BCUT2D eigenvalue weighted by Gasteiger charge is 2.26. The minimum absolute atomic E-state index is 0.0320.